The van der Waals surface area contributed by atoms with Crippen LogP contribution in [0.5, 0.6) is 0 Å². The van der Waals surface area contributed by atoms with E-state index in [9.17, 15) is 0 Å². The summed E-state index contributed by atoms with van der Waals surface area (Å²) in [5.41, 5.74) is 5.61. The molecule has 1 aromatic rings. The van der Waals surface area contributed by atoms with Crippen molar-refractivity contribution in [2.45, 2.75) is 46.0 Å². The van der Waals surface area contributed by atoms with Crippen molar-refractivity contribution < 1.29 is 0 Å². The van der Waals surface area contributed by atoms with Crippen LogP contribution in [0, 0.1) is 5.92 Å². The van der Waals surface area contributed by atoms with Gasteiger partial charge in [-0.2, -0.15) is 4.37 Å². The molecule has 0 saturated carbocycles. The minimum absolute atomic E-state index is 0.0256. The fourth-order valence-corrected chi connectivity index (χ4v) is 2.28. The van der Waals surface area contributed by atoms with Crippen LogP contribution in [-0.4, -0.2) is 22.4 Å². The van der Waals surface area contributed by atoms with Gasteiger partial charge in [0.05, 0.1) is 0 Å². The molecule has 1 unspecified atom stereocenters. The van der Waals surface area contributed by atoms with Gasteiger partial charge in [-0.15, -0.1) is 0 Å². The van der Waals surface area contributed by atoms with Gasteiger partial charge >= 0.3 is 0 Å². The Bertz CT molecular complexity index is 329. The van der Waals surface area contributed by atoms with E-state index in [1.807, 2.05) is 0 Å². The normalized spacial score (nSPS) is 13.7. The largest absolute Gasteiger partial charge is 0.360 e. The van der Waals surface area contributed by atoms with Gasteiger partial charge in [0.25, 0.3) is 0 Å². The second-order valence-corrected chi connectivity index (χ2v) is 6.16. The molecule has 3 N–H and O–H groups in total. The molecule has 0 aromatic carbocycles. The lowest BCUT2D eigenvalue weighted by Crippen LogP contribution is -2.17. The van der Waals surface area contributed by atoms with Crippen LogP contribution in [-0.2, 0) is 5.41 Å². The number of rotatable bonds is 6. The zero-order valence-electron chi connectivity index (χ0n) is 11.3. The highest BCUT2D eigenvalue weighted by Gasteiger charge is 2.19. The maximum absolute atomic E-state index is 5.58. The smallest absolute Gasteiger partial charge is 0.202 e. The maximum atomic E-state index is 5.58. The minimum Gasteiger partial charge on any atom is -0.360 e. The van der Waals surface area contributed by atoms with Gasteiger partial charge < -0.3 is 11.1 Å². The topological polar surface area (TPSA) is 63.8 Å². The lowest BCUT2D eigenvalue weighted by Gasteiger charge is -2.14. The third-order valence-corrected chi connectivity index (χ3v) is 3.46. The molecule has 98 valence electrons. The van der Waals surface area contributed by atoms with Crippen molar-refractivity contribution in [2.24, 2.45) is 11.7 Å². The zero-order chi connectivity index (χ0) is 12.9. The van der Waals surface area contributed by atoms with Crippen LogP contribution in [0.1, 0.15) is 46.4 Å². The van der Waals surface area contributed by atoms with E-state index in [1.165, 1.54) is 11.5 Å². The summed E-state index contributed by atoms with van der Waals surface area (Å²) in [6.45, 7) is 10.3. The summed E-state index contributed by atoms with van der Waals surface area (Å²) in [5, 5.41) is 4.28. The van der Waals surface area contributed by atoms with Crippen molar-refractivity contribution in [3.05, 3.63) is 5.82 Å². The van der Waals surface area contributed by atoms with E-state index < -0.39 is 0 Å². The summed E-state index contributed by atoms with van der Waals surface area (Å²) in [7, 11) is 0. The Kier molecular flexibility index (Phi) is 5.33. The van der Waals surface area contributed by atoms with Crippen molar-refractivity contribution in [3.63, 3.8) is 0 Å². The third-order valence-electron chi connectivity index (χ3n) is 2.79. The average molecular weight is 256 g/mol. The second-order valence-electron chi connectivity index (χ2n) is 5.41. The molecular formula is C12H24N4S. The number of hydrogen-bond donors (Lipinski definition) is 2. The van der Waals surface area contributed by atoms with Crippen LogP contribution in [0.3, 0.4) is 0 Å². The molecule has 0 saturated heterocycles. The molecule has 5 heteroatoms. The van der Waals surface area contributed by atoms with E-state index in [4.69, 9.17) is 5.73 Å². The summed E-state index contributed by atoms with van der Waals surface area (Å²) in [6.07, 6.45) is 2.21. The first-order chi connectivity index (χ1) is 7.97. The summed E-state index contributed by atoms with van der Waals surface area (Å²) in [4.78, 5) is 4.51. The average Bonchev–Trinajstić information content (AvgIpc) is 2.72. The second kappa shape index (κ2) is 6.31. The monoisotopic (exact) mass is 256 g/mol. The van der Waals surface area contributed by atoms with Crippen molar-refractivity contribution in [1.82, 2.24) is 9.36 Å². The molecule has 0 bridgehead atoms. The maximum Gasteiger partial charge on any atom is 0.202 e. The number of nitrogens with one attached hydrogen (secondary N) is 1. The Labute approximate surface area is 108 Å². The molecule has 0 fully saturated rings. The first kappa shape index (κ1) is 14.4. The summed E-state index contributed by atoms with van der Waals surface area (Å²) in [6, 6.07) is 0. The van der Waals surface area contributed by atoms with E-state index in [0.717, 1.165) is 36.9 Å². The van der Waals surface area contributed by atoms with Crippen LogP contribution >= 0.6 is 11.5 Å². The van der Waals surface area contributed by atoms with Crippen LogP contribution in [0.25, 0.3) is 0 Å². The SMILES string of the molecule is CCC(CCN)CNc1nc(C(C)(C)C)ns1. The number of aromatic nitrogens is 2. The van der Waals surface area contributed by atoms with Gasteiger partial charge in [0.2, 0.25) is 5.13 Å². The Balaban J connectivity index is 2.49. The third kappa shape index (κ3) is 4.60. The first-order valence-corrected chi connectivity index (χ1v) is 7.02. The predicted octanol–water partition coefficient (Wildman–Crippen LogP) is 2.62. The van der Waals surface area contributed by atoms with Crippen molar-refractivity contribution in [3.8, 4) is 0 Å². The van der Waals surface area contributed by atoms with E-state index in [-0.39, 0.29) is 5.41 Å². The molecule has 0 amide bonds. The highest BCUT2D eigenvalue weighted by Crippen LogP contribution is 2.23. The van der Waals surface area contributed by atoms with Gasteiger partial charge in [-0.3, -0.25) is 0 Å². The molecule has 0 aliphatic rings. The van der Waals surface area contributed by atoms with Crippen molar-refractivity contribution in [1.29, 1.82) is 0 Å². The van der Waals surface area contributed by atoms with Gasteiger partial charge in [-0.1, -0.05) is 34.1 Å². The molecule has 1 rings (SSSR count). The lowest BCUT2D eigenvalue weighted by atomic mass is 9.96. The molecule has 0 aliphatic carbocycles. The van der Waals surface area contributed by atoms with Crippen molar-refractivity contribution in [2.75, 3.05) is 18.4 Å². The molecular weight excluding hydrogens is 232 g/mol. The van der Waals surface area contributed by atoms with Gasteiger partial charge in [0.1, 0.15) is 5.82 Å². The van der Waals surface area contributed by atoms with Gasteiger partial charge in [0, 0.05) is 23.5 Å². The molecule has 17 heavy (non-hydrogen) atoms. The Hall–Kier alpha value is -0.680. The fourth-order valence-electron chi connectivity index (χ4n) is 1.52. The predicted molar refractivity (Wildman–Crippen MR) is 74.6 cm³/mol. The number of hydrogen-bond acceptors (Lipinski definition) is 5. The van der Waals surface area contributed by atoms with Gasteiger partial charge in [-0.05, 0) is 18.9 Å². The highest BCUT2D eigenvalue weighted by atomic mass is 32.1. The summed E-state index contributed by atoms with van der Waals surface area (Å²) in [5.74, 6) is 1.54. The Morgan fingerprint density at radius 1 is 1.41 bits per heavy atom. The van der Waals surface area contributed by atoms with E-state index in [1.54, 1.807) is 0 Å². The molecule has 0 spiro atoms. The standard InChI is InChI=1S/C12H24N4S/c1-5-9(6-7-13)8-14-11-15-10(16-17-11)12(2,3)4/h9H,5-8,13H2,1-4H3,(H,14,15,16). The van der Waals surface area contributed by atoms with Gasteiger partial charge in [-0.25, -0.2) is 4.98 Å². The van der Waals surface area contributed by atoms with E-state index in [0.29, 0.717) is 5.92 Å². The highest BCUT2D eigenvalue weighted by molar-refractivity contribution is 7.09. The minimum atomic E-state index is 0.0256. The van der Waals surface area contributed by atoms with Crippen molar-refractivity contribution >= 4 is 16.7 Å². The molecule has 0 aliphatic heterocycles. The Morgan fingerprint density at radius 2 is 2.12 bits per heavy atom. The van der Waals surface area contributed by atoms with Gasteiger partial charge in [0.15, 0.2) is 0 Å². The van der Waals surface area contributed by atoms with Crippen LogP contribution in [0.4, 0.5) is 5.13 Å². The van der Waals surface area contributed by atoms with E-state index in [2.05, 4.69) is 42.4 Å². The Morgan fingerprint density at radius 3 is 2.59 bits per heavy atom. The molecule has 1 heterocycles. The first-order valence-electron chi connectivity index (χ1n) is 6.25. The summed E-state index contributed by atoms with van der Waals surface area (Å²) >= 11 is 1.44. The zero-order valence-corrected chi connectivity index (χ0v) is 12.1. The van der Waals surface area contributed by atoms with Crippen LogP contribution in [0.15, 0.2) is 0 Å². The number of anilines is 1. The number of nitrogens with zero attached hydrogens (tertiary/aromatic N) is 2. The summed E-state index contributed by atoms with van der Waals surface area (Å²) < 4.78 is 4.38. The fraction of sp³-hybridized carbons (Fsp3) is 0.833. The lowest BCUT2D eigenvalue weighted by molar-refractivity contribution is 0.501. The molecule has 4 nitrogen and oxygen atoms in total. The molecule has 1 aromatic heterocycles. The number of nitrogens with two attached hydrogens (primary N) is 1. The van der Waals surface area contributed by atoms with E-state index >= 15 is 0 Å². The molecule has 0 radical (unpaired) electrons. The molecule has 1 atom stereocenters. The van der Waals surface area contributed by atoms with Crippen LogP contribution < -0.4 is 11.1 Å². The van der Waals surface area contributed by atoms with Crippen LogP contribution in [0.2, 0.25) is 0 Å². The quantitative estimate of drug-likeness (QED) is 0.821.